The summed E-state index contributed by atoms with van der Waals surface area (Å²) >= 11 is 0. The number of hydrogen-bond acceptors (Lipinski definition) is 7. The van der Waals surface area contributed by atoms with E-state index in [-0.39, 0.29) is 5.91 Å². The summed E-state index contributed by atoms with van der Waals surface area (Å²) in [6, 6.07) is 15.6. The number of aromatic nitrogens is 4. The van der Waals surface area contributed by atoms with Crippen LogP contribution >= 0.6 is 0 Å². The van der Waals surface area contributed by atoms with E-state index >= 15 is 0 Å². The minimum atomic E-state index is -0.154. The molecule has 1 aliphatic heterocycles. The lowest BCUT2D eigenvalue weighted by molar-refractivity contribution is -0.111. The standard InChI is InChI=1S/C30H29N7O2/c1-20-16-21(6-9-27(20)39-24-11-14-37-15-12-31-28(37)18-24)35-30-25-17-22(5-8-26(25)32-19-33-30)34-29(38)10-7-23-4-3-13-36(23)2/h5-12,14-19,23H,3-4,13H2,1-2H3,(H,34,38)(H,32,33,35)/b10-7+/t23-/m1/s1. The van der Waals surface area contributed by atoms with Gasteiger partial charge in [-0.1, -0.05) is 6.08 Å². The average molecular weight is 520 g/mol. The highest BCUT2D eigenvalue weighted by molar-refractivity contribution is 6.02. The van der Waals surface area contributed by atoms with Crippen molar-refractivity contribution in [2.24, 2.45) is 0 Å². The van der Waals surface area contributed by atoms with Gasteiger partial charge in [0.25, 0.3) is 0 Å². The van der Waals surface area contributed by atoms with Crippen LogP contribution in [0.2, 0.25) is 0 Å². The fraction of sp³-hybridized carbons (Fsp3) is 0.200. The molecule has 39 heavy (non-hydrogen) atoms. The van der Waals surface area contributed by atoms with E-state index in [9.17, 15) is 4.79 Å². The van der Waals surface area contributed by atoms with Crippen LogP contribution < -0.4 is 15.4 Å². The molecule has 0 radical (unpaired) electrons. The zero-order valence-corrected chi connectivity index (χ0v) is 21.8. The van der Waals surface area contributed by atoms with E-state index in [1.807, 2.05) is 78.3 Å². The van der Waals surface area contributed by atoms with E-state index in [0.717, 1.165) is 58.7 Å². The Morgan fingerprint density at radius 2 is 1.95 bits per heavy atom. The molecule has 0 unspecified atom stereocenters. The Morgan fingerprint density at radius 1 is 1.05 bits per heavy atom. The molecule has 1 amide bonds. The molecule has 1 aliphatic rings. The number of nitrogens with zero attached hydrogens (tertiary/aromatic N) is 5. The molecule has 2 N–H and O–H groups in total. The first-order valence-electron chi connectivity index (χ1n) is 12.9. The highest BCUT2D eigenvalue weighted by Gasteiger charge is 2.18. The molecule has 4 heterocycles. The number of aryl methyl sites for hydroxylation is 1. The van der Waals surface area contributed by atoms with Crippen LogP contribution in [0.1, 0.15) is 18.4 Å². The number of benzene rings is 2. The predicted molar refractivity (Wildman–Crippen MR) is 153 cm³/mol. The Kier molecular flexibility index (Phi) is 6.64. The van der Waals surface area contributed by atoms with Gasteiger partial charge >= 0.3 is 0 Å². The Labute approximate surface area is 226 Å². The van der Waals surface area contributed by atoms with Crippen LogP contribution in [-0.2, 0) is 4.79 Å². The van der Waals surface area contributed by atoms with E-state index < -0.39 is 0 Å². The maximum absolute atomic E-state index is 12.6. The molecular formula is C30H29N7O2. The molecule has 1 saturated heterocycles. The Balaban J connectivity index is 1.18. The quantitative estimate of drug-likeness (QED) is 0.266. The first kappa shape index (κ1) is 24.6. The molecule has 2 aromatic carbocycles. The summed E-state index contributed by atoms with van der Waals surface area (Å²) < 4.78 is 8.05. The van der Waals surface area contributed by atoms with Crippen molar-refractivity contribution in [2.45, 2.75) is 25.8 Å². The van der Waals surface area contributed by atoms with Gasteiger partial charge in [0.2, 0.25) is 5.91 Å². The number of carbonyl (C=O) groups is 1. The smallest absolute Gasteiger partial charge is 0.248 e. The Hall–Kier alpha value is -4.76. The molecule has 196 valence electrons. The zero-order valence-electron chi connectivity index (χ0n) is 21.8. The predicted octanol–water partition coefficient (Wildman–Crippen LogP) is 5.71. The number of likely N-dealkylation sites (N-methyl/N-ethyl adjacent to an activating group) is 1. The monoisotopic (exact) mass is 519 g/mol. The van der Waals surface area contributed by atoms with Gasteiger partial charge in [0.15, 0.2) is 0 Å². The van der Waals surface area contributed by atoms with Crippen molar-refractivity contribution in [3.8, 4) is 11.5 Å². The molecule has 1 fully saturated rings. The summed E-state index contributed by atoms with van der Waals surface area (Å²) in [6.07, 6.45) is 12.9. The van der Waals surface area contributed by atoms with Crippen LogP contribution in [0.25, 0.3) is 16.6 Å². The summed E-state index contributed by atoms with van der Waals surface area (Å²) in [6.45, 7) is 3.06. The molecule has 6 rings (SSSR count). The molecule has 0 saturated carbocycles. The van der Waals surface area contributed by atoms with Gasteiger partial charge in [-0.05, 0) is 81.4 Å². The summed E-state index contributed by atoms with van der Waals surface area (Å²) in [7, 11) is 2.08. The van der Waals surface area contributed by atoms with Crippen molar-refractivity contribution in [1.82, 2.24) is 24.3 Å². The lowest BCUT2D eigenvalue weighted by Crippen LogP contribution is -2.23. The minimum absolute atomic E-state index is 0.154. The number of anilines is 3. The minimum Gasteiger partial charge on any atom is -0.457 e. The number of imidazole rings is 1. The first-order valence-corrected chi connectivity index (χ1v) is 12.9. The molecule has 0 spiro atoms. The van der Waals surface area contributed by atoms with Gasteiger partial charge in [-0.3, -0.25) is 9.69 Å². The molecule has 9 nitrogen and oxygen atoms in total. The van der Waals surface area contributed by atoms with Crippen molar-refractivity contribution in [3.63, 3.8) is 0 Å². The van der Waals surface area contributed by atoms with Crippen LogP contribution in [0.5, 0.6) is 11.5 Å². The molecule has 9 heteroatoms. The van der Waals surface area contributed by atoms with E-state index in [0.29, 0.717) is 17.5 Å². The summed E-state index contributed by atoms with van der Waals surface area (Å²) in [5, 5.41) is 7.16. The summed E-state index contributed by atoms with van der Waals surface area (Å²) in [5.41, 5.74) is 4.12. The third-order valence-electron chi connectivity index (χ3n) is 6.98. The third-order valence-corrected chi connectivity index (χ3v) is 6.98. The van der Waals surface area contributed by atoms with E-state index in [1.165, 1.54) is 6.33 Å². The second-order valence-corrected chi connectivity index (χ2v) is 9.76. The molecular weight excluding hydrogens is 490 g/mol. The number of amides is 1. The van der Waals surface area contributed by atoms with Crippen molar-refractivity contribution < 1.29 is 9.53 Å². The molecule has 0 bridgehead atoms. The number of fused-ring (bicyclic) bond motifs is 2. The van der Waals surface area contributed by atoms with Gasteiger partial charge in [0.05, 0.1) is 5.52 Å². The van der Waals surface area contributed by atoms with E-state index in [2.05, 4.69) is 37.5 Å². The number of pyridine rings is 1. The molecule has 1 atom stereocenters. The van der Waals surface area contributed by atoms with E-state index in [4.69, 9.17) is 4.74 Å². The van der Waals surface area contributed by atoms with Crippen molar-refractivity contribution in [1.29, 1.82) is 0 Å². The Morgan fingerprint density at radius 3 is 2.79 bits per heavy atom. The van der Waals surface area contributed by atoms with Crippen molar-refractivity contribution in [2.75, 3.05) is 24.2 Å². The highest BCUT2D eigenvalue weighted by atomic mass is 16.5. The molecule has 5 aromatic rings. The topological polar surface area (TPSA) is 96.7 Å². The molecule has 0 aliphatic carbocycles. The lowest BCUT2D eigenvalue weighted by Gasteiger charge is -2.14. The average Bonchev–Trinajstić information content (AvgIpc) is 3.57. The number of ether oxygens (including phenoxy) is 1. The van der Waals surface area contributed by atoms with Crippen molar-refractivity contribution in [3.05, 3.63) is 91.2 Å². The second-order valence-electron chi connectivity index (χ2n) is 9.76. The maximum atomic E-state index is 12.6. The SMILES string of the molecule is Cc1cc(Nc2ncnc3ccc(NC(=O)/C=C/[C@H]4CCCN4C)cc23)ccc1Oc1ccn2ccnc2c1. The van der Waals surface area contributed by atoms with Gasteiger partial charge in [0.1, 0.15) is 29.3 Å². The largest absolute Gasteiger partial charge is 0.457 e. The van der Waals surface area contributed by atoms with Crippen LogP contribution in [-0.4, -0.2) is 49.8 Å². The van der Waals surface area contributed by atoms with Crippen molar-refractivity contribution >= 4 is 39.6 Å². The fourth-order valence-electron chi connectivity index (χ4n) is 4.86. The zero-order chi connectivity index (χ0) is 26.8. The summed E-state index contributed by atoms with van der Waals surface area (Å²) in [5.74, 6) is 1.97. The number of rotatable bonds is 7. The Bertz CT molecular complexity index is 1690. The van der Waals surface area contributed by atoms with Gasteiger partial charge in [-0.2, -0.15) is 0 Å². The fourth-order valence-corrected chi connectivity index (χ4v) is 4.86. The van der Waals surface area contributed by atoms with Gasteiger partial charge in [-0.25, -0.2) is 15.0 Å². The number of likely N-dealkylation sites (tertiary alicyclic amines) is 1. The maximum Gasteiger partial charge on any atom is 0.248 e. The number of hydrogen-bond donors (Lipinski definition) is 2. The van der Waals surface area contributed by atoms with Crippen LogP contribution in [0, 0.1) is 6.92 Å². The lowest BCUT2D eigenvalue weighted by atomic mass is 10.1. The van der Waals surface area contributed by atoms with Gasteiger partial charge in [-0.15, -0.1) is 0 Å². The molecule has 3 aromatic heterocycles. The first-order chi connectivity index (χ1) is 19.0. The normalized spacial score (nSPS) is 15.8. The second kappa shape index (κ2) is 10.5. The summed E-state index contributed by atoms with van der Waals surface area (Å²) in [4.78, 5) is 28.0. The van der Waals surface area contributed by atoms with E-state index in [1.54, 1.807) is 12.3 Å². The number of nitrogens with one attached hydrogen (secondary N) is 2. The number of carbonyl (C=O) groups excluding carboxylic acids is 1. The van der Waals surface area contributed by atoms with Crippen LogP contribution in [0.15, 0.2) is 85.6 Å². The third kappa shape index (κ3) is 5.44. The van der Waals surface area contributed by atoms with Crippen LogP contribution in [0.3, 0.4) is 0 Å². The van der Waals surface area contributed by atoms with Gasteiger partial charge in [0, 0.05) is 53.5 Å². The van der Waals surface area contributed by atoms with Gasteiger partial charge < -0.3 is 19.8 Å². The van der Waals surface area contributed by atoms with Crippen LogP contribution in [0.4, 0.5) is 17.2 Å². The highest BCUT2D eigenvalue weighted by Crippen LogP contribution is 2.31.